The molecule has 0 bridgehead atoms. The van der Waals surface area contributed by atoms with Crippen LogP contribution in [-0.4, -0.2) is 38.9 Å². The van der Waals surface area contributed by atoms with Crippen molar-refractivity contribution in [1.29, 1.82) is 0 Å². The molecule has 0 aliphatic carbocycles. The first-order valence-corrected chi connectivity index (χ1v) is 9.92. The van der Waals surface area contributed by atoms with E-state index in [4.69, 9.17) is 9.97 Å². The number of fused-ring (bicyclic) bond motifs is 1. The summed E-state index contributed by atoms with van der Waals surface area (Å²) in [6, 6.07) is 12.4. The summed E-state index contributed by atoms with van der Waals surface area (Å²) in [5, 5.41) is 3.83. The first kappa shape index (κ1) is 18.6. The van der Waals surface area contributed by atoms with Crippen LogP contribution in [0, 0.1) is 6.92 Å². The fourth-order valence-electron chi connectivity index (χ4n) is 4.28. The molecule has 6 nitrogen and oxygen atoms in total. The summed E-state index contributed by atoms with van der Waals surface area (Å²) in [7, 11) is 3.64. The molecule has 2 aromatic heterocycles. The second-order valence-electron chi connectivity index (χ2n) is 7.51. The molecule has 6 heteroatoms. The number of likely N-dealkylation sites (tertiary alicyclic amines) is 1. The molecule has 3 aromatic rings. The Bertz CT molecular complexity index is 1010. The van der Waals surface area contributed by atoms with Crippen LogP contribution in [0.3, 0.4) is 0 Å². The molecule has 1 atom stereocenters. The van der Waals surface area contributed by atoms with Gasteiger partial charge in [0.1, 0.15) is 11.5 Å². The molecule has 0 radical (unpaired) electrons. The van der Waals surface area contributed by atoms with Crippen molar-refractivity contribution < 1.29 is 4.79 Å². The number of piperidine rings is 1. The molecule has 4 rings (SSSR count). The minimum Gasteiger partial charge on any atom is -0.354 e. The van der Waals surface area contributed by atoms with Crippen molar-refractivity contribution in [3.05, 3.63) is 59.3 Å². The zero-order valence-corrected chi connectivity index (χ0v) is 16.8. The SMILES string of the molecule is CNC(=O)c1ccc([C@H]2CCCCN2Cc2nc(C)c3ccccc3n2)n1C. The van der Waals surface area contributed by atoms with E-state index in [2.05, 4.69) is 22.3 Å². The van der Waals surface area contributed by atoms with Crippen LogP contribution >= 0.6 is 0 Å². The second-order valence-corrected chi connectivity index (χ2v) is 7.51. The van der Waals surface area contributed by atoms with Crippen LogP contribution in [0.4, 0.5) is 0 Å². The lowest BCUT2D eigenvalue weighted by molar-refractivity contribution is 0.0952. The van der Waals surface area contributed by atoms with Gasteiger partial charge >= 0.3 is 0 Å². The molecule has 1 aliphatic heterocycles. The van der Waals surface area contributed by atoms with Crippen LogP contribution in [0.5, 0.6) is 0 Å². The van der Waals surface area contributed by atoms with Crippen LogP contribution < -0.4 is 5.32 Å². The number of para-hydroxylation sites is 1. The summed E-state index contributed by atoms with van der Waals surface area (Å²) < 4.78 is 2.02. The molecule has 0 saturated carbocycles. The summed E-state index contributed by atoms with van der Waals surface area (Å²) in [4.78, 5) is 24.1. The lowest BCUT2D eigenvalue weighted by atomic mass is 9.99. The van der Waals surface area contributed by atoms with Crippen molar-refractivity contribution in [3.63, 3.8) is 0 Å². The number of aromatic nitrogens is 3. The molecule has 0 unspecified atom stereocenters. The lowest BCUT2D eigenvalue weighted by Gasteiger charge is -2.35. The highest BCUT2D eigenvalue weighted by Crippen LogP contribution is 2.32. The first-order chi connectivity index (χ1) is 13.6. The van der Waals surface area contributed by atoms with E-state index in [1.807, 2.05) is 42.8 Å². The van der Waals surface area contributed by atoms with Gasteiger partial charge in [-0.25, -0.2) is 9.97 Å². The van der Waals surface area contributed by atoms with E-state index < -0.39 is 0 Å². The van der Waals surface area contributed by atoms with Crippen LogP contribution in [-0.2, 0) is 13.6 Å². The lowest BCUT2D eigenvalue weighted by Crippen LogP contribution is -2.35. The largest absolute Gasteiger partial charge is 0.354 e. The molecule has 1 saturated heterocycles. The molecule has 28 heavy (non-hydrogen) atoms. The zero-order chi connectivity index (χ0) is 19.7. The Morgan fingerprint density at radius 2 is 2.00 bits per heavy atom. The number of amides is 1. The van der Waals surface area contributed by atoms with Crippen LogP contribution in [0.1, 0.15) is 53.0 Å². The quantitative estimate of drug-likeness (QED) is 0.757. The van der Waals surface area contributed by atoms with Gasteiger partial charge in [0.05, 0.1) is 18.1 Å². The highest BCUT2D eigenvalue weighted by Gasteiger charge is 2.28. The van der Waals surface area contributed by atoms with Gasteiger partial charge in [-0.3, -0.25) is 9.69 Å². The Morgan fingerprint density at radius 1 is 1.18 bits per heavy atom. The summed E-state index contributed by atoms with van der Waals surface area (Å²) in [6.07, 6.45) is 3.45. The molecule has 146 valence electrons. The Morgan fingerprint density at radius 3 is 2.82 bits per heavy atom. The maximum atomic E-state index is 12.1. The average Bonchev–Trinajstić information content (AvgIpc) is 3.09. The van der Waals surface area contributed by atoms with Gasteiger partial charge in [0, 0.05) is 30.9 Å². The number of carbonyl (C=O) groups excluding carboxylic acids is 1. The van der Waals surface area contributed by atoms with Crippen molar-refractivity contribution in [2.75, 3.05) is 13.6 Å². The topological polar surface area (TPSA) is 63.1 Å². The molecular weight excluding hydrogens is 350 g/mol. The zero-order valence-electron chi connectivity index (χ0n) is 16.8. The van der Waals surface area contributed by atoms with Crippen LogP contribution in [0.25, 0.3) is 10.9 Å². The van der Waals surface area contributed by atoms with E-state index in [0.717, 1.165) is 41.9 Å². The Hall–Kier alpha value is -2.73. The number of nitrogens with zero attached hydrogens (tertiary/aromatic N) is 4. The number of nitrogens with one attached hydrogen (secondary N) is 1. The highest BCUT2D eigenvalue weighted by atomic mass is 16.1. The standard InChI is InChI=1S/C22H27N5O/c1-15-16-8-4-5-9-17(16)25-21(24-15)14-27-13-7-6-10-19(27)18-11-12-20(26(18)3)22(28)23-2/h4-5,8-9,11-12,19H,6-7,10,13-14H2,1-3H3,(H,23,28)/t19-/m1/s1. The number of hydrogen-bond acceptors (Lipinski definition) is 4. The third-order valence-electron chi connectivity index (χ3n) is 5.76. The van der Waals surface area contributed by atoms with E-state index in [0.29, 0.717) is 5.69 Å². The van der Waals surface area contributed by atoms with Gasteiger partial charge in [-0.15, -0.1) is 0 Å². The Balaban J connectivity index is 1.63. The van der Waals surface area contributed by atoms with Crippen molar-refractivity contribution in [2.45, 2.75) is 38.8 Å². The first-order valence-electron chi connectivity index (χ1n) is 9.92. The number of aryl methyl sites for hydroxylation is 1. The van der Waals surface area contributed by atoms with E-state index in [1.54, 1.807) is 7.05 Å². The normalized spacial score (nSPS) is 17.8. The maximum Gasteiger partial charge on any atom is 0.267 e. The predicted molar refractivity (Wildman–Crippen MR) is 110 cm³/mol. The van der Waals surface area contributed by atoms with Crippen molar-refractivity contribution in [2.24, 2.45) is 7.05 Å². The van der Waals surface area contributed by atoms with Gasteiger partial charge in [-0.2, -0.15) is 0 Å². The van der Waals surface area contributed by atoms with E-state index in [9.17, 15) is 4.79 Å². The molecule has 1 N–H and O–H groups in total. The van der Waals surface area contributed by atoms with E-state index in [-0.39, 0.29) is 11.9 Å². The maximum absolute atomic E-state index is 12.1. The second kappa shape index (κ2) is 7.72. The summed E-state index contributed by atoms with van der Waals surface area (Å²) >= 11 is 0. The molecular formula is C22H27N5O. The third kappa shape index (κ3) is 3.40. The van der Waals surface area contributed by atoms with Gasteiger partial charge in [0.25, 0.3) is 5.91 Å². The number of benzene rings is 1. The fraction of sp³-hybridized carbons (Fsp3) is 0.409. The Labute approximate surface area is 165 Å². The monoisotopic (exact) mass is 377 g/mol. The van der Waals surface area contributed by atoms with Crippen LogP contribution in [0.2, 0.25) is 0 Å². The van der Waals surface area contributed by atoms with E-state index in [1.165, 1.54) is 18.5 Å². The minimum atomic E-state index is -0.0513. The molecule has 3 heterocycles. The van der Waals surface area contributed by atoms with Gasteiger partial charge < -0.3 is 9.88 Å². The summed E-state index contributed by atoms with van der Waals surface area (Å²) in [5.41, 5.74) is 3.89. The molecule has 1 fully saturated rings. The number of carbonyl (C=O) groups is 1. The fourth-order valence-corrected chi connectivity index (χ4v) is 4.28. The molecule has 0 spiro atoms. The summed E-state index contributed by atoms with van der Waals surface area (Å²) in [5.74, 6) is 0.813. The van der Waals surface area contributed by atoms with Crippen molar-refractivity contribution >= 4 is 16.8 Å². The minimum absolute atomic E-state index is 0.0513. The molecule has 1 aliphatic rings. The van der Waals surface area contributed by atoms with Crippen molar-refractivity contribution in [1.82, 2.24) is 24.8 Å². The van der Waals surface area contributed by atoms with Gasteiger partial charge in [0.15, 0.2) is 0 Å². The van der Waals surface area contributed by atoms with Crippen molar-refractivity contribution in [3.8, 4) is 0 Å². The van der Waals surface area contributed by atoms with Gasteiger partial charge in [-0.05, 0) is 44.5 Å². The highest BCUT2D eigenvalue weighted by molar-refractivity contribution is 5.92. The average molecular weight is 377 g/mol. The predicted octanol–water partition coefficient (Wildman–Crippen LogP) is 3.36. The van der Waals surface area contributed by atoms with E-state index >= 15 is 0 Å². The van der Waals surface area contributed by atoms with Gasteiger partial charge in [-0.1, -0.05) is 24.6 Å². The summed E-state index contributed by atoms with van der Waals surface area (Å²) in [6.45, 7) is 3.78. The Kier molecular flexibility index (Phi) is 5.13. The number of hydrogen-bond donors (Lipinski definition) is 1. The molecule has 1 aromatic carbocycles. The van der Waals surface area contributed by atoms with Crippen LogP contribution in [0.15, 0.2) is 36.4 Å². The molecule has 1 amide bonds. The smallest absolute Gasteiger partial charge is 0.267 e. The third-order valence-corrected chi connectivity index (χ3v) is 5.76. The number of rotatable bonds is 4. The van der Waals surface area contributed by atoms with Gasteiger partial charge in [0.2, 0.25) is 0 Å².